The molecule has 4 heteroatoms. The summed E-state index contributed by atoms with van der Waals surface area (Å²) in [5, 5.41) is 3.14. The Hall–Kier alpha value is -2.49. The van der Waals surface area contributed by atoms with Gasteiger partial charge in [0.25, 0.3) is 0 Å². The monoisotopic (exact) mass is 270 g/mol. The predicted molar refractivity (Wildman–Crippen MR) is 79.6 cm³/mol. The van der Waals surface area contributed by atoms with Crippen LogP contribution in [0.15, 0.2) is 54.6 Å². The zero-order valence-electron chi connectivity index (χ0n) is 11.4. The fourth-order valence-corrected chi connectivity index (χ4v) is 2.01. The summed E-state index contributed by atoms with van der Waals surface area (Å²) in [5.41, 5.74) is 7.10. The van der Waals surface area contributed by atoms with Crippen molar-refractivity contribution in [3.63, 3.8) is 0 Å². The van der Waals surface area contributed by atoms with Crippen molar-refractivity contribution in [3.05, 3.63) is 60.2 Å². The standard InChI is InChI=1S/C16H18N2O2/c1-2-20-14-11-7-6-10-13(14)15(16(17)19)18-12-8-4-3-5-9-12/h3-11,15,18H,2H2,1H3,(H2,17,19). The number of amides is 1. The fourth-order valence-electron chi connectivity index (χ4n) is 2.01. The third kappa shape index (κ3) is 3.29. The number of para-hydroxylation sites is 2. The number of anilines is 1. The van der Waals surface area contributed by atoms with Gasteiger partial charge >= 0.3 is 0 Å². The van der Waals surface area contributed by atoms with E-state index in [0.29, 0.717) is 12.4 Å². The molecule has 0 heterocycles. The molecule has 2 aromatic carbocycles. The van der Waals surface area contributed by atoms with Gasteiger partial charge in [-0.15, -0.1) is 0 Å². The van der Waals surface area contributed by atoms with E-state index < -0.39 is 11.9 Å². The molecule has 0 aliphatic carbocycles. The molecular weight excluding hydrogens is 252 g/mol. The first kappa shape index (κ1) is 13.9. The lowest BCUT2D eigenvalue weighted by Crippen LogP contribution is -2.28. The minimum absolute atomic E-state index is 0.444. The van der Waals surface area contributed by atoms with Crippen molar-refractivity contribution >= 4 is 11.6 Å². The van der Waals surface area contributed by atoms with Gasteiger partial charge in [0.05, 0.1) is 6.61 Å². The van der Waals surface area contributed by atoms with Gasteiger partial charge in [-0.1, -0.05) is 36.4 Å². The maximum absolute atomic E-state index is 11.8. The molecule has 0 bridgehead atoms. The summed E-state index contributed by atoms with van der Waals surface area (Å²) in [6.45, 7) is 2.44. The van der Waals surface area contributed by atoms with Crippen LogP contribution in [0.4, 0.5) is 5.69 Å². The van der Waals surface area contributed by atoms with Crippen LogP contribution in [-0.4, -0.2) is 12.5 Å². The number of rotatable bonds is 6. The smallest absolute Gasteiger partial charge is 0.244 e. The summed E-state index contributed by atoms with van der Waals surface area (Å²) in [7, 11) is 0. The molecule has 20 heavy (non-hydrogen) atoms. The molecule has 104 valence electrons. The van der Waals surface area contributed by atoms with Crippen molar-refractivity contribution in [3.8, 4) is 5.75 Å². The number of nitrogens with one attached hydrogen (secondary N) is 1. The van der Waals surface area contributed by atoms with Crippen LogP contribution < -0.4 is 15.8 Å². The molecule has 0 radical (unpaired) electrons. The number of hydrogen-bond acceptors (Lipinski definition) is 3. The van der Waals surface area contributed by atoms with Gasteiger partial charge < -0.3 is 15.8 Å². The zero-order chi connectivity index (χ0) is 14.4. The third-order valence-electron chi connectivity index (χ3n) is 2.90. The normalized spacial score (nSPS) is 11.7. The second kappa shape index (κ2) is 6.61. The van der Waals surface area contributed by atoms with Crippen molar-refractivity contribution in [1.82, 2.24) is 0 Å². The maximum atomic E-state index is 11.8. The van der Waals surface area contributed by atoms with Crippen molar-refractivity contribution in [2.45, 2.75) is 13.0 Å². The first-order valence-corrected chi connectivity index (χ1v) is 6.55. The molecule has 0 fully saturated rings. The number of primary amides is 1. The van der Waals surface area contributed by atoms with Crippen LogP contribution in [0.25, 0.3) is 0 Å². The summed E-state index contributed by atoms with van der Waals surface area (Å²) >= 11 is 0. The molecule has 2 aromatic rings. The lowest BCUT2D eigenvalue weighted by atomic mass is 10.0. The van der Waals surface area contributed by atoms with Gasteiger partial charge in [-0.25, -0.2) is 0 Å². The highest BCUT2D eigenvalue weighted by Gasteiger charge is 2.21. The molecule has 2 rings (SSSR count). The van der Waals surface area contributed by atoms with Crippen molar-refractivity contribution in [2.24, 2.45) is 5.73 Å². The molecule has 1 amide bonds. The van der Waals surface area contributed by atoms with E-state index in [2.05, 4.69) is 5.32 Å². The number of carbonyl (C=O) groups excluding carboxylic acids is 1. The van der Waals surface area contributed by atoms with Gasteiger partial charge in [0.1, 0.15) is 11.8 Å². The number of carbonyl (C=O) groups is 1. The highest BCUT2D eigenvalue weighted by molar-refractivity contribution is 5.85. The average molecular weight is 270 g/mol. The van der Waals surface area contributed by atoms with Gasteiger partial charge in [0.15, 0.2) is 0 Å². The molecule has 1 atom stereocenters. The topological polar surface area (TPSA) is 64.3 Å². The average Bonchev–Trinajstić information content (AvgIpc) is 2.47. The fraction of sp³-hybridized carbons (Fsp3) is 0.188. The van der Waals surface area contributed by atoms with Gasteiger partial charge in [-0.05, 0) is 25.1 Å². The van der Waals surface area contributed by atoms with E-state index in [1.165, 1.54) is 0 Å². The predicted octanol–water partition coefficient (Wildman–Crippen LogP) is 2.72. The van der Waals surface area contributed by atoms with Crippen molar-refractivity contribution in [1.29, 1.82) is 0 Å². The van der Waals surface area contributed by atoms with Crippen LogP contribution >= 0.6 is 0 Å². The van der Waals surface area contributed by atoms with Gasteiger partial charge in [-0.3, -0.25) is 4.79 Å². The second-order valence-electron chi connectivity index (χ2n) is 4.32. The molecule has 0 saturated carbocycles. The quantitative estimate of drug-likeness (QED) is 0.848. The van der Waals surface area contributed by atoms with Crippen LogP contribution in [0.3, 0.4) is 0 Å². The Morgan fingerprint density at radius 3 is 2.45 bits per heavy atom. The summed E-state index contributed by atoms with van der Waals surface area (Å²) in [6.07, 6.45) is 0. The Bertz CT molecular complexity index is 570. The number of nitrogens with two attached hydrogens (primary N) is 1. The van der Waals surface area contributed by atoms with Crippen LogP contribution in [0, 0.1) is 0 Å². The molecule has 1 unspecified atom stereocenters. The Labute approximate surface area is 118 Å². The van der Waals surface area contributed by atoms with Crippen LogP contribution in [0.1, 0.15) is 18.5 Å². The molecule has 0 aliphatic rings. The lowest BCUT2D eigenvalue weighted by molar-refractivity contribution is -0.118. The molecule has 0 aliphatic heterocycles. The largest absolute Gasteiger partial charge is 0.494 e. The summed E-state index contributed by atoms with van der Waals surface area (Å²) in [4.78, 5) is 11.8. The number of ether oxygens (including phenoxy) is 1. The van der Waals surface area contributed by atoms with E-state index in [4.69, 9.17) is 10.5 Å². The van der Waals surface area contributed by atoms with Crippen molar-refractivity contribution < 1.29 is 9.53 Å². The zero-order valence-corrected chi connectivity index (χ0v) is 11.4. The summed E-state index contributed by atoms with van der Waals surface area (Å²) in [6, 6.07) is 16.3. The second-order valence-corrected chi connectivity index (χ2v) is 4.32. The summed E-state index contributed by atoms with van der Waals surface area (Å²) < 4.78 is 5.56. The van der Waals surface area contributed by atoms with Gasteiger partial charge in [-0.2, -0.15) is 0 Å². The van der Waals surface area contributed by atoms with Crippen molar-refractivity contribution in [2.75, 3.05) is 11.9 Å². The van der Waals surface area contributed by atoms with Gasteiger partial charge in [0, 0.05) is 11.3 Å². The Morgan fingerprint density at radius 2 is 1.80 bits per heavy atom. The molecule has 4 nitrogen and oxygen atoms in total. The Kier molecular flexibility index (Phi) is 4.60. The minimum Gasteiger partial charge on any atom is -0.494 e. The highest BCUT2D eigenvalue weighted by Crippen LogP contribution is 2.27. The lowest BCUT2D eigenvalue weighted by Gasteiger charge is -2.20. The molecule has 0 spiro atoms. The summed E-state index contributed by atoms with van der Waals surface area (Å²) in [5.74, 6) is 0.225. The maximum Gasteiger partial charge on any atom is 0.244 e. The van der Waals surface area contributed by atoms with E-state index in [-0.39, 0.29) is 0 Å². The van der Waals surface area contributed by atoms with E-state index >= 15 is 0 Å². The third-order valence-corrected chi connectivity index (χ3v) is 2.90. The van der Waals surface area contributed by atoms with Crippen LogP contribution in [0.5, 0.6) is 5.75 Å². The molecular formula is C16H18N2O2. The molecule has 0 aromatic heterocycles. The number of hydrogen-bond donors (Lipinski definition) is 2. The SMILES string of the molecule is CCOc1ccccc1C(Nc1ccccc1)C(N)=O. The van der Waals surface area contributed by atoms with Gasteiger partial charge in [0.2, 0.25) is 5.91 Å². The first-order chi connectivity index (χ1) is 9.72. The number of benzene rings is 2. The minimum atomic E-state index is -0.625. The van der Waals surface area contributed by atoms with E-state index in [1.807, 2.05) is 61.5 Å². The van der Waals surface area contributed by atoms with E-state index in [0.717, 1.165) is 11.3 Å². The highest BCUT2D eigenvalue weighted by atomic mass is 16.5. The Morgan fingerprint density at radius 1 is 1.15 bits per heavy atom. The van der Waals surface area contributed by atoms with Crippen LogP contribution in [-0.2, 0) is 4.79 Å². The van der Waals surface area contributed by atoms with Crippen LogP contribution in [0.2, 0.25) is 0 Å². The molecule has 0 saturated heterocycles. The van der Waals surface area contributed by atoms with E-state index in [1.54, 1.807) is 0 Å². The molecule has 3 N–H and O–H groups in total. The Balaban J connectivity index is 2.32. The first-order valence-electron chi connectivity index (χ1n) is 6.55. The van der Waals surface area contributed by atoms with E-state index in [9.17, 15) is 4.79 Å².